The minimum atomic E-state index is 0. The van der Waals surface area contributed by atoms with Crippen molar-refractivity contribution in [3.05, 3.63) is 47.7 Å². The summed E-state index contributed by atoms with van der Waals surface area (Å²) in [5.41, 5.74) is 2.33. The Morgan fingerprint density at radius 3 is 2.55 bits per heavy atom. The quantitative estimate of drug-likeness (QED) is 0.332. The Balaban J connectivity index is 0.00000272. The van der Waals surface area contributed by atoms with Crippen LogP contribution in [-0.4, -0.2) is 69.5 Å². The van der Waals surface area contributed by atoms with E-state index in [1.54, 1.807) is 7.05 Å². The van der Waals surface area contributed by atoms with Crippen molar-refractivity contribution < 1.29 is 9.47 Å². The van der Waals surface area contributed by atoms with Gasteiger partial charge in [-0.15, -0.1) is 24.0 Å². The van der Waals surface area contributed by atoms with E-state index in [0.29, 0.717) is 13.3 Å². The standard InChI is InChI=1S/C22H30N6O2.HI/c1-23-22(24-8-7-17-3-5-19-20(13-17)30-16-29-19)26-15-18-4-6-21(25-14-18)28-11-9-27(2)10-12-28;/h3-6,13-14H,7-12,15-16H2,1-2H3,(H2,23,24,26);1H. The molecule has 168 valence electrons. The van der Waals surface area contributed by atoms with E-state index in [0.717, 1.165) is 68.0 Å². The summed E-state index contributed by atoms with van der Waals surface area (Å²) in [4.78, 5) is 13.6. The third kappa shape index (κ3) is 6.36. The second kappa shape index (κ2) is 11.4. The smallest absolute Gasteiger partial charge is 0.231 e. The predicted molar refractivity (Wildman–Crippen MR) is 134 cm³/mol. The second-order valence-electron chi connectivity index (χ2n) is 7.61. The number of guanidine groups is 1. The molecule has 0 spiro atoms. The summed E-state index contributed by atoms with van der Waals surface area (Å²) in [6, 6.07) is 10.3. The molecule has 1 aromatic carbocycles. The number of likely N-dealkylation sites (N-methyl/N-ethyl adjacent to an activating group) is 1. The average molecular weight is 538 g/mol. The molecule has 1 fully saturated rings. The molecule has 0 aliphatic carbocycles. The Hall–Kier alpha value is -2.27. The van der Waals surface area contributed by atoms with E-state index in [4.69, 9.17) is 9.47 Å². The fourth-order valence-corrected chi connectivity index (χ4v) is 3.57. The van der Waals surface area contributed by atoms with Gasteiger partial charge in [-0.3, -0.25) is 4.99 Å². The highest BCUT2D eigenvalue weighted by molar-refractivity contribution is 14.0. The van der Waals surface area contributed by atoms with E-state index in [-0.39, 0.29) is 24.0 Å². The highest BCUT2D eigenvalue weighted by atomic mass is 127. The van der Waals surface area contributed by atoms with E-state index < -0.39 is 0 Å². The Labute approximate surface area is 201 Å². The number of fused-ring (bicyclic) bond motifs is 1. The van der Waals surface area contributed by atoms with Gasteiger partial charge < -0.3 is 29.9 Å². The largest absolute Gasteiger partial charge is 0.454 e. The van der Waals surface area contributed by atoms with Crippen molar-refractivity contribution in [2.45, 2.75) is 13.0 Å². The van der Waals surface area contributed by atoms with Gasteiger partial charge in [0.15, 0.2) is 17.5 Å². The minimum Gasteiger partial charge on any atom is -0.454 e. The fourth-order valence-electron chi connectivity index (χ4n) is 3.57. The summed E-state index contributed by atoms with van der Waals surface area (Å²) < 4.78 is 10.8. The number of piperazine rings is 1. The van der Waals surface area contributed by atoms with Gasteiger partial charge in [0.05, 0.1) is 0 Å². The van der Waals surface area contributed by atoms with Gasteiger partial charge in [-0.2, -0.15) is 0 Å². The molecule has 2 N–H and O–H groups in total. The SMILES string of the molecule is CN=C(NCCc1ccc2c(c1)OCO2)NCc1ccc(N2CCN(C)CC2)nc1.I. The maximum Gasteiger partial charge on any atom is 0.231 e. The van der Waals surface area contributed by atoms with Gasteiger partial charge in [0.25, 0.3) is 0 Å². The molecule has 0 unspecified atom stereocenters. The third-order valence-electron chi connectivity index (χ3n) is 5.46. The van der Waals surface area contributed by atoms with Crippen LogP contribution in [0.1, 0.15) is 11.1 Å². The highest BCUT2D eigenvalue weighted by Crippen LogP contribution is 2.32. The number of aliphatic imine (C=N–C) groups is 1. The number of benzene rings is 1. The van der Waals surface area contributed by atoms with E-state index in [1.165, 1.54) is 5.56 Å². The topological polar surface area (TPSA) is 74.3 Å². The van der Waals surface area contributed by atoms with Crippen molar-refractivity contribution in [1.82, 2.24) is 20.5 Å². The first kappa shape index (κ1) is 23.4. The normalized spacial score (nSPS) is 16.1. The predicted octanol–water partition coefficient (Wildman–Crippen LogP) is 2.09. The van der Waals surface area contributed by atoms with Gasteiger partial charge >= 0.3 is 0 Å². The lowest BCUT2D eigenvalue weighted by Gasteiger charge is -2.33. The number of nitrogens with zero attached hydrogens (tertiary/aromatic N) is 4. The third-order valence-corrected chi connectivity index (χ3v) is 5.46. The van der Waals surface area contributed by atoms with E-state index in [9.17, 15) is 0 Å². The molecule has 4 rings (SSSR count). The average Bonchev–Trinajstić information content (AvgIpc) is 3.25. The van der Waals surface area contributed by atoms with Crippen molar-refractivity contribution in [2.75, 3.05) is 58.5 Å². The summed E-state index contributed by atoms with van der Waals surface area (Å²) in [7, 11) is 3.94. The molecular weight excluding hydrogens is 507 g/mol. The lowest BCUT2D eigenvalue weighted by molar-refractivity contribution is 0.174. The number of halogens is 1. The van der Waals surface area contributed by atoms with Crippen LogP contribution in [0, 0.1) is 0 Å². The second-order valence-corrected chi connectivity index (χ2v) is 7.61. The van der Waals surface area contributed by atoms with Crippen molar-refractivity contribution in [2.24, 2.45) is 4.99 Å². The van der Waals surface area contributed by atoms with Gasteiger partial charge in [-0.05, 0) is 42.8 Å². The summed E-state index contributed by atoms with van der Waals surface area (Å²) in [5, 5.41) is 6.71. The van der Waals surface area contributed by atoms with Crippen LogP contribution in [-0.2, 0) is 13.0 Å². The van der Waals surface area contributed by atoms with Gasteiger partial charge in [0.2, 0.25) is 6.79 Å². The molecule has 0 radical (unpaired) electrons. The summed E-state index contributed by atoms with van der Waals surface area (Å²) in [5.74, 6) is 3.47. The Morgan fingerprint density at radius 2 is 1.81 bits per heavy atom. The maximum absolute atomic E-state index is 5.44. The molecule has 31 heavy (non-hydrogen) atoms. The van der Waals surface area contributed by atoms with Crippen molar-refractivity contribution in [3.63, 3.8) is 0 Å². The number of ether oxygens (including phenoxy) is 2. The fraction of sp³-hybridized carbons (Fsp3) is 0.455. The zero-order valence-corrected chi connectivity index (χ0v) is 20.5. The van der Waals surface area contributed by atoms with Crippen LogP contribution in [0.5, 0.6) is 11.5 Å². The Morgan fingerprint density at radius 1 is 1.03 bits per heavy atom. The van der Waals surface area contributed by atoms with E-state index in [1.807, 2.05) is 18.3 Å². The molecule has 0 saturated carbocycles. The van der Waals surface area contributed by atoms with Crippen LogP contribution in [0.2, 0.25) is 0 Å². The van der Waals surface area contributed by atoms with Crippen molar-refractivity contribution in [1.29, 1.82) is 0 Å². The van der Waals surface area contributed by atoms with Crippen LogP contribution in [0.25, 0.3) is 0 Å². The summed E-state index contributed by atoms with van der Waals surface area (Å²) >= 11 is 0. The first-order valence-electron chi connectivity index (χ1n) is 10.4. The van der Waals surface area contributed by atoms with E-state index in [2.05, 4.69) is 55.7 Å². The minimum absolute atomic E-state index is 0. The Kier molecular flexibility index (Phi) is 8.59. The molecule has 2 aliphatic heterocycles. The molecule has 2 aromatic rings. The van der Waals surface area contributed by atoms with Crippen LogP contribution in [0.15, 0.2) is 41.5 Å². The molecule has 3 heterocycles. The number of pyridine rings is 1. The lowest BCUT2D eigenvalue weighted by Crippen LogP contribution is -2.44. The molecular formula is C22H31IN6O2. The molecule has 8 nitrogen and oxygen atoms in total. The molecule has 9 heteroatoms. The lowest BCUT2D eigenvalue weighted by atomic mass is 10.1. The first-order chi connectivity index (χ1) is 14.7. The number of hydrogen-bond donors (Lipinski definition) is 2. The number of rotatable bonds is 6. The van der Waals surface area contributed by atoms with Crippen LogP contribution < -0.4 is 25.0 Å². The molecule has 2 aliphatic rings. The van der Waals surface area contributed by atoms with Crippen molar-refractivity contribution in [3.8, 4) is 11.5 Å². The summed E-state index contributed by atoms with van der Waals surface area (Å²) in [6.45, 7) is 5.99. The number of nitrogens with one attached hydrogen (secondary N) is 2. The molecule has 1 saturated heterocycles. The molecule has 0 atom stereocenters. The number of anilines is 1. The summed E-state index contributed by atoms with van der Waals surface area (Å²) in [6.07, 6.45) is 2.82. The van der Waals surface area contributed by atoms with Gasteiger partial charge in [0.1, 0.15) is 5.82 Å². The Bertz CT molecular complexity index is 869. The molecule has 0 amide bonds. The first-order valence-corrected chi connectivity index (χ1v) is 10.4. The number of hydrogen-bond acceptors (Lipinski definition) is 6. The van der Waals surface area contributed by atoms with Crippen LogP contribution in [0.3, 0.4) is 0 Å². The molecule has 1 aromatic heterocycles. The van der Waals surface area contributed by atoms with Crippen LogP contribution in [0.4, 0.5) is 5.82 Å². The molecule has 0 bridgehead atoms. The zero-order valence-electron chi connectivity index (χ0n) is 18.1. The number of aromatic nitrogens is 1. The van der Waals surface area contributed by atoms with Crippen molar-refractivity contribution >= 4 is 35.8 Å². The van der Waals surface area contributed by atoms with Crippen LogP contribution >= 0.6 is 24.0 Å². The monoisotopic (exact) mass is 538 g/mol. The highest BCUT2D eigenvalue weighted by Gasteiger charge is 2.15. The maximum atomic E-state index is 5.44. The van der Waals surface area contributed by atoms with Gasteiger partial charge in [0, 0.05) is 52.5 Å². The zero-order chi connectivity index (χ0) is 20.8. The van der Waals surface area contributed by atoms with Gasteiger partial charge in [-0.1, -0.05) is 12.1 Å². The van der Waals surface area contributed by atoms with E-state index >= 15 is 0 Å². The van der Waals surface area contributed by atoms with Gasteiger partial charge in [-0.25, -0.2) is 4.98 Å².